The highest BCUT2D eigenvalue weighted by molar-refractivity contribution is 5.46. The Morgan fingerprint density at radius 1 is 1.09 bits per heavy atom. The fraction of sp³-hybridized carbons (Fsp3) is 0.500. The van der Waals surface area contributed by atoms with Gasteiger partial charge in [0.2, 0.25) is 6.79 Å². The normalized spacial score (nSPS) is 14.2. The maximum Gasteiger partial charge on any atom is 0.231 e. The number of unbranched alkanes of at least 4 members (excludes halogenated alkanes) is 1. The van der Waals surface area contributed by atoms with Gasteiger partial charge in [-0.2, -0.15) is 0 Å². The van der Waals surface area contributed by atoms with E-state index < -0.39 is 0 Å². The molecular weight excluding hydrogens is 288 g/mol. The van der Waals surface area contributed by atoms with Crippen LogP contribution in [0.3, 0.4) is 0 Å². The lowest BCUT2D eigenvalue weighted by Crippen LogP contribution is -1.95. The molecule has 0 unspecified atom stereocenters. The zero-order valence-electron chi connectivity index (χ0n) is 14.6. The van der Waals surface area contributed by atoms with Crippen LogP contribution in [0.4, 0.5) is 0 Å². The highest BCUT2D eigenvalue weighted by Crippen LogP contribution is 2.35. The number of allylic oxidation sites excluding steroid dienone is 3. The standard InChI is InChI=1S/C20H28O3/c1-4-5-7-16(2)8-6-9-17(3)12-13-21-18-10-11-19-20(14-18)23-15-22-19/h8,10-12,14H,4-7,9,13,15H2,1-3H3. The molecule has 0 bridgehead atoms. The second kappa shape index (κ2) is 9.29. The second-order valence-corrected chi connectivity index (χ2v) is 6.07. The third-order valence-corrected chi connectivity index (χ3v) is 3.98. The summed E-state index contributed by atoms with van der Waals surface area (Å²) >= 11 is 0. The van der Waals surface area contributed by atoms with Gasteiger partial charge in [0.1, 0.15) is 12.4 Å². The Bertz CT molecular complexity index is 558. The van der Waals surface area contributed by atoms with Crippen LogP contribution in [-0.2, 0) is 0 Å². The van der Waals surface area contributed by atoms with Crippen LogP contribution in [0.25, 0.3) is 0 Å². The van der Waals surface area contributed by atoms with Gasteiger partial charge in [-0.15, -0.1) is 0 Å². The summed E-state index contributed by atoms with van der Waals surface area (Å²) in [6.45, 7) is 7.52. The summed E-state index contributed by atoms with van der Waals surface area (Å²) < 4.78 is 16.4. The van der Waals surface area contributed by atoms with E-state index in [4.69, 9.17) is 14.2 Å². The van der Waals surface area contributed by atoms with Gasteiger partial charge in [0.15, 0.2) is 11.5 Å². The van der Waals surface area contributed by atoms with Gasteiger partial charge in [0.05, 0.1) is 0 Å². The topological polar surface area (TPSA) is 27.7 Å². The predicted molar refractivity (Wildman–Crippen MR) is 94.3 cm³/mol. The maximum atomic E-state index is 5.76. The summed E-state index contributed by atoms with van der Waals surface area (Å²) in [6.07, 6.45) is 10.5. The first-order valence-electron chi connectivity index (χ1n) is 8.52. The van der Waals surface area contributed by atoms with Crippen LogP contribution in [0, 0.1) is 0 Å². The van der Waals surface area contributed by atoms with Crippen molar-refractivity contribution in [2.24, 2.45) is 0 Å². The first kappa shape index (κ1) is 17.5. The quantitative estimate of drug-likeness (QED) is 0.550. The summed E-state index contributed by atoms with van der Waals surface area (Å²) in [4.78, 5) is 0. The lowest BCUT2D eigenvalue weighted by atomic mass is 10.1. The van der Waals surface area contributed by atoms with Crippen molar-refractivity contribution in [3.05, 3.63) is 41.5 Å². The Labute approximate surface area is 139 Å². The van der Waals surface area contributed by atoms with Gasteiger partial charge in [0, 0.05) is 6.07 Å². The molecule has 3 heteroatoms. The Hall–Kier alpha value is -1.90. The molecule has 0 N–H and O–H groups in total. The number of fused-ring (bicyclic) bond motifs is 1. The molecule has 1 aromatic carbocycles. The molecule has 1 heterocycles. The molecule has 1 aliphatic heterocycles. The van der Waals surface area contributed by atoms with Crippen LogP contribution in [0.2, 0.25) is 0 Å². The van der Waals surface area contributed by atoms with E-state index in [1.165, 1.54) is 30.4 Å². The SMILES string of the molecule is CCCCC(C)=CCCC(C)=CCOc1ccc2c(c1)OCO2. The molecule has 0 aromatic heterocycles. The minimum Gasteiger partial charge on any atom is -0.489 e. The summed E-state index contributed by atoms with van der Waals surface area (Å²) in [7, 11) is 0. The molecule has 1 aliphatic rings. The predicted octanol–water partition coefficient (Wildman–Crippen LogP) is 5.66. The van der Waals surface area contributed by atoms with Crippen molar-refractivity contribution < 1.29 is 14.2 Å². The van der Waals surface area contributed by atoms with Crippen molar-refractivity contribution >= 4 is 0 Å². The number of hydrogen-bond acceptors (Lipinski definition) is 3. The zero-order chi connectivity index (χ0) is 16.5. The molecule has 1 aromatic rings. The Morgan fingerprint density at radius 2 is 1.87 bits per heavy atom. The first-order chi connectivity index (χ1) is 11.2. The summed E-state index contributed by atoms with van der Waals surface area (Å²) in [6, 6.07) is 5.68. The largest absolute Gasteiger partial charge is 0.489 e. The van der Waals surface area contributed by atoms with Crippen molar-refractivity contribution in [2.45, 2.75) is 52.9 Å². The van der Waals surface area contributed by atoms with Gasteiger partial charge < -0.3 is 14.2 Å². The van der Waals surface area contributed by atoms with E-state index in [0.717, 1.165) is 30.1 Å². The lowest BCUT2D eigenvalue weighted by molar-refractivity contribution is 0.174. The van der Waals surface area contributed by atoms with Gasteiger partial charge >= 0.3 is 0 Å². The van der Waals surface area contributed by atoms with E-state index >= 15 is 0 Å². The maximum absolute atomic E-state index is 5.76. The van der Waals surface area contributed by atoms with Crippen LogP contribution >= 0.6 is 0 Å². The molecule has 3 nitrogen and oxygen atoms in total. The molecule has 2 rings (SSSR count). The van der Waals surface area contributed by atoms with Crippen LogP contribution in [-0.4, -0.2) is 13.4 Å². The van der Waals surface area contributed by atoms with Crippen molar-refractivity contribution in [3.8, 4) is 17.2 Å². The Kier molecular flexibility index (Phi) is 7.05. The molecule has 0 spiro atoms. The smallest absolute Gasteiger partial charge is 0.231 e. The van der Waals surface area contributed by atoms with Crippen LogP contribution in [0.15, 0.2) is 41.5 Å². The van der Waals surface area contributed by atoms with Crippen molar-refractivity contribution in [1.82, 2.24) is 0 Å². The molecule has 23 heavy (non-hydrogen) atoms. The average molecular weight is 316 g/mol. The molecule has 0 aliphatic carbocycles. The Balaban J connectivity index is 1.70. The molecule has 126 valence electrons. The Morgan fingerprint density at radius 3 is 2.70 bits per heavy atom. The first-order valence-corrected chi connectivity index (χ1v) is 8.52. The molecule has 0 atom stereocenters. The van der Waals surface area contributed by atoms with E-state index in [9.17, 15) is 0 Å². The van der Waals surface area contributed by atoms with E-state index in [-0.39, 0.29) is 0 Å². The highest BCUT2D eigenvalue weighted by atomic mass is 16.7. The van der Waals surface area contributed by atoms with Gasteiger partial charge in [-0.1, -0.05) is 30.6 Å². The number of ether oxygens (including phenoxy) is 3. The van der Waals surface area contributed by atoms with E-state index in [0.29, 0.717) is 13.4 Å². The number of benzene rings is 1. The molecular formula is C20H28O3. The lowest BCUT2D eigenvalue weighted by Gasteiger charge is -2.05. The minimum atomic E-state index is 0.295. The number of hydrogen-bond donors (Lipinski definition) is 0. The number of rotatable bonds is 9. The third-order valence-electron chi connectivity index (χ3n) is 3.98. The monoisotopic (exact) mass is 316 g/mol. The van der Waals surface area contributed by atoms with Crippen LogP contribution in [0.1, 0.15) is 52.9 Å². The molecule has 0 fully saturated rings. The fourth-order valence-electron chi connectivity index (χ4n) is 2.45. The summed E-state index contributed by atoms with van der Waals surface area (Å²) in [5.74, 6) is 2.36. The third kappa shape index (κ3) is 6.01. The summed E-state index contributed by atoms with van der Waals surface area (Å²) in [5, 5.41) is 0. The molecule has 0 amide bonds. The van der Waals surface area contributed by atoms with E-state index in [1.807, 2.05) is 18.2 Å². The van der Waals surface area contributed by atoms with Gasteiger partial charge in [-0.3, -0.25) is 0 Å². The van der Waals surface area contributed by atoms with E-state index in [2.05, 4.69) is 32.9 Å². The molecule has 0 saturated carbocycles. The molecule has 0 radical (unpaired) electrons. The van der Waals surface area contributed by atoms with Gasteiger partial charge in [0.25, 0.3) is 0 Å². The highest BCUT2D eigenvalue weighted by Gasteiger charge is 2.13. The second-order valence-electron chi connectivity index (χ2n) is 6.07. The van der Waals surface area contributed by atoms with Crippen LogP contribution in [0.5, 0.6) is 17.2 Å². The van der Waals surface area contributed by atoms with Gasteiger partial charge in [-0.25, -0.2) is 0 Å². The van der Waals surface area contributed by atoms with Crippen molar-refractivity contribution in [1.29, 1.82) is 0 Å². The fourth-order valence-corrected chi connectivity index (χ4v) is 2.45. The molecule has 0 saturated heterocycles. The summed E-state index contributed by atoms with van der Waals surface area (Å²) in [5.41, 5.74) is 2.88. The average Bonchev–Trinajstić information content (AvgIpc) is 3.00. The van der Waals surface area contributed by atoms with Gasteiger partial charge in [-0.05, 0) is 57.7 Å². The van der Waals surface area contributed by atoms with Crippen molar-refractivity contribution in [2.75, 3.05) is 13.4 Å². The zero-order valence-corrected chi connectivity index (χ0v) is 14.6. The van der Waals surface area contributed by atoms with E-state index in [1.54, 1.807) is 0 Å². The van der Waals surface area contributed by atoms with Crippen LogP contribution < -0.4 is 14.2 Å². The minimum absolute atomic E-state index is 0.295. The van der Waals surface area contributed by atoms with Crippen molar-refractivity contribution in [3.63, 3.8) is 0 Å².